The number of nitrogens with zero attached hydrogens (tertiary/aromatic N) is 4. The molecule has 6 nitrogen and oxygen atoms in total. The normalized spacial score (nSPS) is 17.5. The fourth-order valence-electron chi connectivity index (χ4n) is 4.36. The number of pyridine rings is 2. The van der Waals surface area contributed by atoms with Gasteiger partial charge in [0.1, 0.15) is 5.82 Å². The lowest BCUT2D eigenvalue weighted by molar-refractivity contribution is -0.137. The molecule has 2 aliphatic rings. The van der Waals surface area contributed by atoms with E-state index in [9.17, 15) is 22.4 Å². The number of carbonyl (C=O) groups is 1. The van der Waals surface area contributed by atoms with Crippen LogP contribution in [0.25, 0.3) is 11.3 Å². The molecule has 1 N–H and O–H groups in total. The number of benzene rings is 1. The van der Waals surface area contributed by atoms with E-state index in [0.29, 0.717) is 23.6 Å². The number of piperidine rings is 1. The maximum absolute atomic E-state index is 13.5. The lowest BCUT2D eigenvalue weighted by Crippen LogP contribution is -2.56. The Morgan fingerprint density at radius 1 is 1.12 bits per heavy atom. The van der Waals surface area contributed by atoms with Crippen LogP contribution in [-0.4, -0.2) is 35.1 Å². The average molecular weight is 457 g/mol. The van der Waals surface area contributed by atoms with Gasteiger partial charge in [0.05, 0.1) is 41.1 Å². The van der Waals surface area contributed by atoms with Crippen LogP contribution in [0.5, 0.6) is 0 Å². The van der Waals surface area contributed by atoms with Gasteiger partial charge >= 0.3 is 12.2 Å². The van der Waals surface area contributed by atoms with Crippen molar-refractivity contribution < 1.29 is 22.4 Å². The third-order valence-corrected chi connectivity index (χ3v) is 5.85. The molecule has 170 valence electrons. The Balaban J connectivity index is 1.55. The van der Waals surface area contributed by atoms with Gasteiger partial charge in [0.25, 0.3) is 0 Å². The van der Waals surface area contributed by atoms with Gasteiger partial charge in [0.15, 0.2) is 5.82 Å². The van der Waals surface area contributed by atoms with E-state index in [1.54, 1.807) is 18.2 Å². The summed E-state index contributed by atoms with van der Waals surface area (Å²) in [4.78, 5) is 25.2. The number of aromatic nitrogens is 2. The summed E-state index contributed by atoms with van der Waals surface area (Å²) >= 11 is 0. The van der Waals surface area contributed by atoms with Crippen molar-refractivity contribution >= 4 is 23.2 Å². The topological polar surface area (TPSA) is 61.4 Å². The molecule has 1 fully saturated rings. The fourth-order valence-corrected chi connectivity index (χ4v) is 4.36. The van der Waals surface area contributed by atoms with E-state index in [2.05, 4.69) is 20.2 Å². The van der Waals surface area contributed by atoms with Gasteiger partial charge in [-0.15, -0.1) is 0 Å². The first-order valence-corrected chi connectivity index (χ1v) is 10.4. The highest BCUT2D eigenvalue weighted by Gasteiger charge is 2.38. The summed E-state index contributed by atoms with van der Waals surface area (Å²) < 4.78 is 53.1. The average Bonchev–Trinajstić information content (AvgIpc) is 2.78. The number of nitrogens with one attached hydrogen (secondary N) is 1. The van der Waals surface area contributed by atoms with Crippen LogP contribution in [0.2, 0.25) is 0 Å². The molecule has 2 bridgehead atoms. The Kier molecular flexibility index (Phi) is 5.15. The molecule has 4 heterocycles. The van der Waals surface area contributed by atoms with Crippen molar-refractivity contribution in [2.75, 3.05) is 28.2 Å². The molecule has 5 rings (SSSR count). The second kappa shape index (κ2) is 8.02. The lowest BCUT2D eigenvalue weighted by Gasteiger charge is -2.45. The Labute approximate surface area is 186 Å². The van der Waals surface area contributed by atoms with E-state index in [1.165, 1.54) is 17.2 Å². The minimum Gasteiger partial charge on any atom is -0.366 e. The summed E-state index contributed by atoms with van der Waals surface area (Å²) in [7, 11) is 0. The number of anilines is 3. The van der Waals surface area contributed by atoms with Crippen molar-refractivity contribution in [2.45, 2.75) is 25.1 Å². The van der Waals surface area contributed by atoms with Crippen molar-refractivity contribution in [2.24, 2.45) is 0 Å². The smallest absolute Gasteiger partial charge is 0.366 e. The minimum atomic E-state index is -4.47. The molecule has 0 saturated carbocycles. The highest BCUT2D eigenvalue weighted by atomic mass is 19.4. The molecular formula is C23H19F4N5O. The third kappa shape index (κ3) is 4.08. The van der Waals surface area contributed by atoms with Crippen molar-refractivity contribution in [3.8, 4) is 11.3 Å². The quantitative estimate of drug-likeness (QED) is 0.529. The lowest BCUT2D eigenvalue weighted by atomic mass is 9.99. The number of hydrogen-bond acceptors (Lipinski definition) is 4. The number of urea groups is 1. The maximum atomic E-state index is 13.5. The Morgan fingerprint density at radius 2 is 1.97 bits per heavy atom. The van der Waals surface area contributed by atoms with Gasteiger partial charge in [0, 0.05) is 24.7 Å². The van der Waals surface area contributed by atoms with Gasteiger partial charge in [-0.3, -0.25) is 9.88 Å². The molecule has 2 aliphatic heterocycles. The van der Waals surface area contributed by atoms with Gasteiger partial charge in [-0.05, 0) is 37.1 Å². The molecule has 1 saturated heterocycles. The standard InChI is InChI=1S/C23H19F4N5O/c24-16-10-17(12-28-11-16)29-22(33)32-18-5-2-8-31(13-18)20-7-6-19(30-21(20)32)14-3-1-4-15(9-14)23(25,26)27/h1,3-4,6-7,9-12,18H,2,5,8,13H2,(H,29,33). The fraction of sp³-hybridized carbons (Fsp3) is 0.261. The number of halogens is 4. The Morgan fingerprint density at radius 3 is 2.76 bits per heavy atom. The van der Waals surface area contributed by atoms with Gasteiger partial charge < -0.3 is 10.2 Å². The van der Waals surface area contributed by atoms with Gasteiger partial charge in [-0.2, -0.15) is 13.2 Å². The second-order valence-electron chi connectivity index (χ2n) is 8.05. The Hall–Kier alpha value is -3.69. The monoisotopic (exact) mass is 457 g/mol. The molecule has 1 unspecified atom stereocenters. The predicted octanol–water partition coefficient (Wildman–Crippen LogP) is 5.32. The molecule has 1 atom stereocenters. The van der Waals surface area contributed by atoms with E-state index in [-0.39, 0.29) is 11.7 Å². The van der Waals surface area contributed by atoms with E-state index in [0.717, 1.165) is 49.5 Å². The molecule has 0 spiro atoms. The molecule has 1 aromatic carbocycles. The zero-order chi connectivity index (χ0) is 23.2. The summed E-state index contributed by atoms with van der Waals surface area (Å²) in [6.07, 6.45) is -0.470. The number of hydrogen-bond donors (Lipinski definition) is 1. The molecule has 10 heteroatoms. The molecule has 0 radical (unpaired) electrons. The molecule has 3 aromatic rings. The molecular weight excluding hydrogens is 438 g/mol. The van der Waals surface area contributed by atoms with Gasteiger partial charge in [0.2, 0.25) is 0 Å². The first-order chi connectivity index (χ1) is 15.8. The first-order valence-electron chi connectivity index (χ1n) is 10.4. The predicted molar refractivity (Wildman–Crippen MR) is 116 cm³/mol. The van der Waals surface area contributed by atoms with Crippen molar-refractivity contribution in [3.63, 3.8) is 0 Å². The van der Waals surface area contributed by atoms with Crippen molar-refractivity contribution in [3.05, 3.63) is 66.2 Å². The summed E-state index contributed by atoms with van der Waals surface area (Å²) in [5.74, 6) is -0.219. The third-order valence-electron chi connectivity index (χ3n) is 5.85. The van der Waals surface area contributed by atoms with Crippen LogP contribution in [0.3, 0.4) is 0 Å². The zero-order valence-corrected chi connectivity index (χ0v) is 17.3. The van der Waals surface area contributed by atoms with Gasteiger partial charge in [-0.25, -0.2) is 14.2 Å². The summed E-state index contributed by atoms with van der Waals surface area (Å²) in [6, 6.07) is 8.87. The van der Waals surface area contributed by atoms with Crippen molar-refractivity contribution in [1.29, 1.82) is 0 Å². The van der Waals surface area contributed by atoms with E-state index >= 15 is 0 Å². The van der Waals surface area contributed by atoms with Crippen LogP contribution in [0.1, 0.15) is 18.4 Å². The second-order valence-corrected chi connectivity index (χ2v) is 8.05. The van der Waals surface area contributed by atoms with Crippen LogP contribution in [0, 0.1) is 5.82 Å². The maximum Gasteiger partial charge on any atom is 0.416 e. The van der Waals surface area contributed by atoms with Crippen molar-refractivity contribution in [1.82, 2.24) is 9.97 Å². The molecule has 0 aliphatic carbocycles. The highest BCUT2D eigenvalue weighted by molar-refractivity contribution is 6.04. The number of fused-ring (bicyclic) bond motifs is 4. The number of carbonyl (C=O) groups excluding carboxylic acids is 1. The van der Waals surface area contributed by atoms with E-state index in [4.69, 9.17) is 0 Å². The van der Waals surface area contributed by atoms with Gasteiger partial charge in [-0.1, -0.05) is 12.1 Å². The summed E-state index contributed by atoms with van der Waals surface area (Å²) in [5, 5.41) is 2.66. The van der Waals surface area contributed by atoms with E-state index in [1.807, 2.05) is 0 Å². The largest absolute Gasteiger partial charge is 0.416 e. The van der Waals surface area contributed by atoms with Crippen LogP contribution in [0.4, 0.5) is 39.5 Å². The molecule has 2 aromatic heterocycles. The number of amides is 2. The minimum absolute atomic E-state index is 0.169. The van der Waals surface area contributed by atoms with Crippen LogP contribution in [0.15, 0.2) is 54.9 Å². The zero-order valence-electron chi connectivity index (χ0n) is 17.3. The Bertz CT molecular complexity index is 1220. The molecule has 2 amide bonds. The summed E-state index contributed by atoms with van der Waals surface area (Å²) in [6.45, 7) is 1.42. The van der Waals surface area contributed by atoms with Crippen LogP contribution < -0.4 is 15.1 Å². The summed E-state index contributed by atoms with van der Waals surface area (Å²) in [5.41, 5.74) is 0.788. The van der Waals surface area contributed by atoms with Crippen LogP contribution in [-0.2, 0) is 6.18 Å². The number of rotatable bonds is 2. The number of alkyl halides is 3. The van der Waals surface area contributed by atoms with Crippen LogP contribution >= 0.6 is 0 Å². The first kappa shape index (κ1) is 21.2. The SMILES string of the molecule is O=C(Nc1cncc(F)c1)N1c2nc(-c3cccc(C(F)(F)F)c3)ccc2N2CCCC1C2. The molecule has 33 heavy (non-hydrogen) atoms. The van der Waals surface area contributed by atoms with E-state index < -0.39 is 23.6 Å². The highest BCUT2D eigenvalue weighted by Crippen LogP contribution is 2.40.